The third-order valence-corrected chi connectivity index (χ3v) is 7.99. The van der Waals surface area contributed by atoms with Gasteiger partial charge in [0.25, 0.3) is 0 Å². The average molecular weight is 465 g/mol. The van der Waals surface area contributed by atoms with Crippen LogP contribution in [0.2, 0.25) is 0 Å². The zero-order chi connectivity index (χ0) is 24.2. The lowest BCUT2D eigenvalue weighted by atomic mass is 9.95. The Hall–Kier alpha value is 0. The molecule has 0 rings (SSSR count). The monoisotopic (exact) mass is 465 g/mol. The van der Waals surface area contributed by atoms with E-state index in [0.29, 0.717) is 0 Å². The molecule has 0 N–H and O–H groups in total. The van der Waals surface area contributed by atoms with Gasteiger partial charge in [0.1, 0.15) is 0 Å². The van der Waals surface area contributed by atoms with E-state index in [1.807, 2.05) is 0 Å². The highest BCUT2D eigenvalue weighted by molar-refractivity contribution is 4.57. The molecule has 0 spiro atoms. The quantitative estimate of drug-likeness (QED) is 0.101. The van der Waals surface area contributed by atoms with Crippen LogP contribution < -0.4 is 0 Å². The van der Waals surface area contributed by atoms with E-state index < -0.39 is 0 Å². The molecular weight excluding hydrogens is 396 g/mol. The highest BCUT2D eigenvalue weighted by Gasteiger charge is 2.03. The predicted octanol–water partition coefficient (Wildman–Crippen LogP) is 12.8. The highest BCUT2D eigenvalue weighted by Crippen LogP contribution is 2.20. The molecule has 200 valence electrons. The van der Waals surface area contributed by atoms with Gasteiger partial charge >= 0.3 is 0 Å². The summed E-state index contributed by atoms with van der Waals surface area (Å²) >= 11 is 0. The summed E-state index contributed by atoms with van der Waals surface area (Å²) in [5.74, 6) is 1.93. The van der Waals surface area contributed by atoms with Crippen molar-refractivity contribution in [2.75, 3.05) is 0 Å². The largest absolute Gasteiger partial charge is 0.0654 e. The van der Waals surface area contributed by atoms with Crippen LogP contribution >= 0.6 is 0 Å². The van der Waals surface area contributed by atoms with Crippen LogP contribution in [0.1, 0.15) is 201 Å². The molecular formula is C33H68. The molecule has 0 fully saturated rings. The summed E-state index contributed by atoms with van der Waals surface area (Å²) in [6, 6.07) is 0. The summed E-state index contributed by atoms with van der Waals surface area (Å²) in [5, 5.41) is 0. The molecule has 33 heavy (non-hydrogen) atoms. The van der Waals surface area contributed by atoms with E-state index in [4.69, 9.17) is 0 Å². The van der Waals surface area contributed by atoms with Gasteiger partial charge in [0.05, 0.1) is 0 Å². The van der Waals surface area contributed by atoms with Crippen LogP contribution in [0, 0.1) is 11.8 Å². The molecule has 0 bridgehead atoms. The third kappa shape index (κ3) is 28.1. The minimum atomic E-state index is 0.965. The maximum Gasteiger partial charge on any atom is -0.0443 e. The van der Waals surface area contributed by atoms with Crippen molar-refractivity contribution in [2.45, 2.75) is 201 Å². The molecule has 0 heterocycles. The molecule has 0 unspecified atom stereocenters. The lowest BCUT2D eigenvalue weighted by Crippen LogP contribution is -1.95. The van der Waals surface area contributed by atoms with Gasteiger partial charge in [-0.15, -0.1) is 0 Å². The van der Waals surface area contributed by atoms with Gasteiger partial charge in [0.2, 0.25) is 0 Å². The lowest BCUT2D eigenvalue weighted by Gasteiger charge is -2.11. The van der Waals surface area contributed by atoms with Crippen molar-refractivity contribution in [1.82, 2.24) is 0 Å². The Balaban J connectivity index is 3.18. The lowest BCUT2D eigenvalue weighted by molar-refractivity contribution is 0.427. The Labute approximate surface area is 212 Å². The first-order valence-corrected chi connectivity index (χ1v) is 16.2. The van der Waals surface area contributed by atoms with Gasteiger partial charge in [-0.1, -0.05) is 201 Å². The fraction of sp³-hybridized carbons (Fsp3) is 1.00. The van der Waals surface area contributed by atoms with Gasteiger partial charge in [-0.05, 0) is 11.8 Å². The van der Waals surface area contributed by atoms with Gasteiger partial charge in [-0.2, -0.15) is 0 Å². The number of unbranched alkanes of at least 4 members (excludes halogenated alkanes) is 20. The second-order valence-corrected chi connectivity index (χ2v) is 11.8. The SMILES string of the molecule is CCCCCCCCCCCCCC[C@H](C)CCCCCCCCCCC[C@H](C)CCCC. The molecule has 0 aliphatic carbocycles. The normalized spacial score (nSPS) is 13.5. The summed E-state index contributed by atoms with van der Waals surface area (Å²) in [4.78, 5) is 0. The summed E-state index contributed by atoms with van der Waals surface area (Å²) in [6.45, 7) is 9.58. The van der Waals surface area contributed by atoms with E-state index in [1.165, 1.54) is 173 Å². The predicted molar refractivity (Wildman–Crippen MR) is 154 cm³/mol. The Kier molecular flexibility index (Phi) is 28.2. The molecule has 0 aromatic rings. The van der Waals surface area contributed by atoms with E-state index in [9.17, 15) is 0 Å². The average Bonchev–Trinajstić information content (AvgIpc) is 2.81. The third-order valence-electron chi connectivity index (χ3n) is 7.99. The van der Waals surface area contributed by atoms with Crippen LogP contribution in [0.3, 0.4) is 0 Å². The summed E-state index contributed by atoms with van der Waals surface area (Å²) in [6.07, 6.45) is 39.7. The molecule has 0 saturated heterocycles. The maximum atomic E-state index is 2.50. The second-order valence-electron chi connectivity index (χ2n) is 11.8. The van der Waals surface area contributed by atoms with Gasteiger partial charge in [-0.3, -0.25) is 0 Å². The van der Waals surface area contributed by atoms with Gasteiger partial charge < -0.3 is 0 Å². The fourth-order valence-corrected chi connectivity index (χ4v) is 5.40. The zero-order valence-electron chi connectivity index (χ0n) is 24.2. The van der Waals surface area contributed by atoms with E-state index in [-0.39, 0.29) is 0 Å². The molecule has 0 aliphatic heterocycles. The van der Waals surface area contributed by atoms with Crippen LogP contribution in [-0.4, -0.2) is 0 Å². The van der Waals surface area contributed by atoms with Crippen LogP contribution in [0.5, 0.6) is 0 Å². The molecule has 2 atom stereocenters. The molecule has 0 amide bonds. The van der Waals surface area contributed by atoms with E-state index in [1.54, 1.807) is 0 Å². The minimum Gasteiger partial charge on any atom is -0.0654 e. The first-order chi connectivity index (χ1) is 16.2. The van der Waals surface area contributed by atoms with Crippen molar-refractivity contribution in [1.29, 1.82) is 0 Å². The second kappa shape index (κ2) is 28.2. The number of hydrogen-bond donors (Lipinski definition) is 0. The topological polar surface area (TPSA) is 0 Å². The highest BCUT2D eigenvalue weighted by atomic mass is 14.1. The molecule has 0 aromatic carbocycles. The Morgan fingerprint density at radius 2 is 0.485 bits per heavy atom. The van der Waals surface area contributed by atoms with Crippen molar-refractivity contribution in [3.05, 3.63) is 0 Å². The summed E-state index contributed by atoms with van der Waals surface area (Å²) in [7, 11) is 0. The van der Waals surface area contributed by atoms with Crippen LogP contribution in [0.15, 0.2) is 0 Å². The minimum absolute atomic E-state index is 0.965. The first-order valence-electron chi connectivity index (χ1n) is 16.2. The van der Waals surface area contributed by atoms with Crippen molar-refractivity contribution in [3.8, 4) is 0 Å². The molecule has 0 nitrogen and oxygen atoms in total. The standard InChI is InChI=1S/C33H68/c1-5-7-9-10-11-12-13-14-16-19-23-26-30-33(4)31-27-24-21-18-15-17-20-22-25-29-32(3)28-8-6-2/h32-33H,5-31H2,1-4H3/t32-,33+/m1/s1. The molecule has 0 saturated carbocycles. The molecule has 0 radical (unpaired) electrons. The zero-order valence-corrected chi connectivity index (χ0v) is 24.2. The summed E-state index contributed by atoms with van der Waals surface area (Å²) < 4.78 is 0. The van der Waals surface area contributed by atoms with Gasteiger partial charge in [-0.25, -0.2) is 0 Å². The van der Waals surface area contributed by atoms with Crippen LogP contribution in [0.4, 0.5) is 0 Å². The number of rotatable bonds is 28. The molecule has 0 aromatic heterocycles. The smallest absolute Gasteiger partial charge is 0.0443 e. The van der Waals surface area contributed by atoms with Crippen molar-refractivity contribution >= 4 is 0 Å². The Bertz CT molecular complexity index is 333. The van der Waals surface area contributed by atoms with Crippen molar-refractivity contribution in [2.24, 2.45) is 11.8 Å². The van der Waals surface area contributed by atoms with E-state index >= 15 is 0 Å². The van der Waals surface area contributed by atoms with Crippen LogP contribution in [-0.2, 0) is 0 Å². The number of hydrogen-bond acceptors (Lipinski definition) is 0. The van der Waals surface area contributed by atoms with Crippen molar-refractivity contribution < 1.29 is 0 Å². The molecule has 0 heteroatoms. The first kappa shape index (κ1) is 33.0. The van der Waals surface area contributed by atoms with Gasteiger partial charge in [0, 0.05) is 0 Å². The van der Waals surface area contributed by atoms with E-state index in [2.05, 4.69) is 27.7 Å². The van der Waals surface area contributed by atoms with Crippen molar-refractivity contribution in [3.63, 3.8) is 0 Å². The maximum absolute atomic E-state index is 2.50. The fourth-order valence-electron chi connectivity index (χ4n) is 5.40. The summed E-state index contributed by atoms with van der Waals surface area (Å²) in [5.41, 5.74) is 0. The van der Waals surface area contributed by atoms with Crippen LogP contribution in [0.25, 0.3) is 0 Å². The Morgan fingerprint density at radius 3 is 0.758 bits per heavy atom. The van der Waals surface area contributed by atoms with Gasteiger partial charge in [0.15, 0.2) is 0 Å². The van der Waals surface area contributed by atoms with E-state index in [0.717, 1.165) is 11.8 Å². The molecule has 0 aliphatic rings. The Morgan fingerprint density at radius 1 is 0.273 bits per heavy atom.